The zero-order valence-corrected chi connectivity index (χ0v) is 5.88. The molecule has 50 valence electrons. The standard InChI is InChI=1S/C10H10/c1-3-4-10-7-5-9(2)6-8-10/h2-3,5-8H,1,4H2. The molecule has 0 saturated heterocycles. The van der Waals surface area contributed by atoms with Gasteiger partial charge in [0.2, 0.25) is 0 Å². The molecule has 1 aromatic rings. The van der Waals surface area contributed by atoms with E-state index in [2.05, 4.69) is 6.58 Å². The molecule has 0 amide bonds. The molecule has 0 spiro atoms. The Morgan fingerprint density at radius 2 is 1.90 bits per heavy atom. The van der Waals surface area contributed by atoms with Crippen molar-refractivity contribution in [3.8, 4) is 0 Å². The summed E-state index contributed by atoms with van der Waals surface area (Å²) in [5.41, 5.74) is 2.07. The average molecular weight is 130 g/mol. The normalized spacial score (nSPS) is 9.30. The highest BCUT2D eigenvalue weighted by Gasteiger charge is 1.86. The molecule has 0 bridgehead atoms. The van der Waals surface area contributed by atoms with Crippen LogP contribution in [0.5, 0.6) is 0 Å². The monoisotopic (exact) mass is 130 g/mol. The first-order chi connectivity index (χ1) is 4.83. The maximum Gasteiger partial charge on any atom is -0.00120 e. The number of hydrogen-bond acceptors (Lipinski definition) is 0. The van der Waals surface area contributed by atoms with E-state index in [4.69, 9.17) is 6.92 Å². The first-order valence-electron chi connectivity index (χ1n) is 3.28. The fraction of sp³-hybridized carbons (Fsp3) is 0.100. The Labute approximate surface area is 62.2 Å². The molecule has 0 nitrogen and oxygen atoms in total. The molecule has 10 heavy (non-hydrogen) atoms. The highest BCUT2D eigenvalue weighted by Crippen LogP contribution is 2.03. The van der Waals surface area contributed by atoms with Crippen LogP contribution in [-0.4, -0.2) is 0 Å². The highest BCUT2D eigenvalue weighted by molar-refractivity contribution is 5.25. The molecule has 0 aromatic heterocycles. The fourth-order valence-electron chi connectivity index (χ4n) is 0.820. The molecule has 0 N–H and O–H groups in total. The summed E-state index contributed by atoms with van der Waals surface area (Å²) < 4.78 is 0. The zero-order chi connectivity index (χ0) is 7.40. The minimum atomic E-state index is 0.813. The summed E-state index contributed by atoms with van der Waals surface area (Å²) in [4.78, 5) is 0. The van der Waals surface area contributed by atoms with E-state index in [0.717, 1.165) is 12.0 Å². The molecule has 0 aliphatic carbocycles. The lowest BCUT2D eigenvalue weighted by atomic mass is 10.1. The molecular weight excluding hydrogens is 120 g/mol. The first kappa shape index (κ1) is 7.07. The fourth-order valence-corrected chi connectivity index (χ4v) is 0.820. The van der Waals surface area contributed by atoms with E-state index in [1.165, 1.54) is 5.56 Å². The number of allylic oxidation sites excluding steroid dienone is 1. The van der Waals surface area contributed by atoms with E-state index in [9.17, 15) is 0 Å². The van der Waals surface area contributed by atoms with Gasteiger partial charge in [-0.1, -0.05) is 30.3 Å². The SMILES string of the molecule is [CH]c1ccc(CC=C)cc1. The predicted octanol–water partition coefficient (Wildman–Crippen LogP) is 2.47. The van der Waals surface area contributed by atoms with Crippen LogP contribution < -0.4 is 0 Å². The van der Waals surface area contributed by atoms with Gasteiger partial charge < -0.3 is 0 Å². The van der Waals surface area contributed by atoms with E-state index in [-0.39, 0.29) is 0 Å². The largest absolute Gasteiger partial charge is 0.103 e. The summed E-state index contributed by atoms with van der Waals surface area (Å²) >= 11 is 0. The zero-order valence-electron chi connectivity index (χ0n) is 5.88. The number of hydrogen-bond donors (Lipinski definition) is 0. The van der Waals surface area contributed by atoms with E-state index in [0.29, 0.717) is 0 Å². The summed E-state index contributed by atoms with van der Waals surface area (Å²) in [6.07, 6.45) is 2.80. The van der Waals surface area contributed by atoms with Crippen molar-refractivity contribution < 1.29 is 0 Å². The van der Waals surface area contributed by atoms with Gasteiger partial charge in [-0.15, -0.1) is 6.58 Å². The van der Waals surface area contributed by atoms with Crippen molar-refractivity contribution in [2.45, 2.75) is 6.42 Å². The maximum absolute atomic E-state index is 5.50. The molecule has 0 unspecified atom stereocenters. The van der Waals surface area contributed by atoms with Crippen molar-refractivity contribution in [3.63, 3.8) is 0 Å². The van der Waals surface area contributed by atoms with Gasteiger partial charge in [0.25, 0.3) is 0 Å². The highest BCUT2D eigenvalue weighted by atomic mass is 13.9. The summed E-state index contributed by atoms with van der Waals surface area (Å²) in [7, 11) is 0. The molecule has 0 saturated carbocycles. The lowest BCUT2D eigenvalue weighted by Gasteiger charge is -1.95. The van der Waals surface area contributed by atoms with Crippen molar-refractivity contribution in [3.05, 3.63) is 55.0 Å². The van der Waals surface area contributed by atoms with Crippen LogP contribution in [0.2, 0.25) is 0 Å². The molecule has 0 fully saturated rings. The third-order valence-corrected chi connectivity index (χ3v) is 1.36. The van der Waals surface area contributed by atoms with Crippen LogP contribution in [0, 0.1) is 6.92 Å². The molecule has 0 heteroatoms. The molecular formula is C10H10. The number of benzene rings is 1. The lowest BCUT2D eigenvalue weighted by molar-refractivity contribution is 1.27. The predicted molar refractivity (Wildman–Crippen MR) is 43.7 cm³/mol. The van der Waals surface area contributed by atoms with Gasteiger partial charge >= 0.3 is 0 Å². The summed E-state index contributed by atoms with van der Waals surface area (Å²) in [6, 6.07) is 7.83. The molecule has 0 aliphatic heterocycles. The minimum Gasteiger partial charge on any atom is -0.103 e. The third kappa shape index (κ3) is 1.73. The molecule has 0 atom stereocenters. The lowest BCUT2D eigenvalue weighted by Crippen LogP contribution is -1.79. The van der Waals surface area contributed by atoms with Crippen molar-refractivity contribution in [1.29, 1.82) is 0 Å². The van der Waals surface area contributed by atoms with Gasteiger partial charge in [-0.05, 0) is 24.5 Å². The van der Waals surface area contributed by atoms with Gasteiger partial charge in [-0.3, -0.25) is 0 Å². The van der Waals surface area contributed by atoms with Crippen LogP contribution in [0.25, 0.3) is 0 Å². The second-order valence-corrected chi connectivity index (χ2v) is 2.23. The summed E-state index contributed by atoms with van der Waals surface area (Å²) in [6.45, 7) is 9.14. The first-order valence-corrected chi connectivity index (χ1v) is 3.28. The van der Waals surface area contributed by atoms with Crippen LogP contribution in [0.4, 0.5) is 0 Å². The van der Waals surface area contributed by atoms with Crippen molar-refractivity contribution in [2.24, 2.45) is 0 Å². The smallest absolute Gasteiger partial charge is 0.00120 e. The van der Waals surface area contributed by atoms with Crippen LogP contribution >= 0.6 is 0 Å². The second-order valence-electron chi connectivity index (χ2n) is 2.23. The molecule has 0 aliphatic rings. The van der Waals surface area contributed by atoms with Crippen molar-refractivity contribution in [2.75, 3.05) is 0 Å². The Bertz CT molecular complexity index is 206. The molecule has 2 radical (unpaired) electrons. The van der Waals surface area contributed by atoms with Crippen LogP contribution in [0.3, 0.4) is 0 Å². The van der Waals surface area contributed by atoms with Gasteiger partial charge in [-0.2, -0.15) is 0 Å². The van der Waals surface area contributed by atoms with E-state index < -0.39 is 0 Å². The van der Waals surface area contributed by atoms with Crippen molar-refractivity contribution in [1.82, 2.24) is 0 Å². The van der Waals surface area contributed by atoms with E-state index >= 15 is 0 Å². The maximum atomic E-state index is 5.50. The Morgan fingerprint density at radius 3 is 2.40 bits per heavy atom. The molecule has 1 aromatic carbocycles. The van der Waals surface area contributed by atoms with Gasteiger partial charge in [0, 0.05) is 0 Å². The van der Waals surface area contributed by atoms with Gasteiger partial charge in [0.05, 0.1) is 0 Å². The molecule has 0 heterocycles. The third-order valence-electron chi connectivity index (χ3n) is 1.36. The van der Waals surface area contributed by atoms with E-state index in [1.54, 1.807) is 0 Å². The summed E-state index contributed by atoms with van der Waals surface area (Å²) in [5.74, 6) is 0. The van der Waals surface area contributed by atoms with Crippen LogP contribution in [-0.2, 0) is 6.42 Å². The Kier molecular flexibility index (Phi) is 2.27. The molecule has 1 rings (SSSR count). The van der Waals surface area contributed by atoms with Crippen LogP contribution in [0.1, 0.15) is 11.1 Å². The Balaban J connectivity index is 2.78. The Morgan fingerprint density at radius 1 is 1.30 bits per heavy atom. The number of rotatable bonds is 2. The Hall–Kier alpha value is -1.04. The van der Waals surface area contributed by atoms with E-state index in [1.807, 2.05) is 30.3 Å². The van der Waals surface area contributed by atoms with Gasteiger partial charge in [-0.25, -0.2) is 0 Å². The minimum absolute atomic E-state index is 0.813. The summed E-state index contributed by atoms with van der Waals surface area (Å²) in [5, 5.41) is 0. The van der Waals surface area contributed by atoms with Crippen LogP contribution in [0.15, 0.2) is 36.9 Å². The van der Waals surface area contributed by atoms with Gasteiger partial charge in [0.1, 0.15) is 0 Å². The quantitative estimate of drug-likeness (QED) is 0.539. The topological polar surface area (TPSA) is 0 Å². The van der Waals surface area contributed by atoms with Crippen molar-refractivity contribution >= 4 is 0 Å². The van der Waals surface area contributed by atoms with Gasteiger partial charge in [0.15, 0.2) is 0 Å². The second kappa shape index (κ2) is 3.21. The average Bonchev–Trinajstić information content (AvgIpc) is 1.95.